The number of aromatic nitrogens is 1. The maximum Gasteiger partial charge on any atom is 0.259 e. The highest BCUT2D eigenvalue weighted by molar-refractivity contribution is 5.96. The molecule has 1 saturated heterocycles. The maximum atomic E-state index is 12.3. The van der Waals surface area contributed by atoms with Crippen LogP contribution in [0.4, 0.5) is 0 Å². The van der Waals surface area contributed by atoms with Crippen LogP contribution in [0.3, 0.4) is 0 Å². The van der Waals surface area contributed by atoms with Gasteiger partial charge < -0.3 is 15.2 Å². The molecule has 1 atom stereocenters. The summed E-state index contributed by atoms with van der Waals surface area (Å²) in [6.45, 7) is 7.77. The number of carbonyl (C=O) groups is 1. The lowest BCUT2D eigenvalue weighted by Gasteiger charge is -2.22. The van der Waals surface area contributed by atoms with Crippen molar-refractivity contribution in [1.29, 1.82) is 0 Å². The van der Waals surface area contributed by atoms with Crippen molar-refractivity contribution in [3.63, 3.8) is 0 Å². The highest BCUT2D eigenvalue weighted by Crippen LogP contribution is 2.30. The lowest BCUT2D eigenvalue weighted by Crippen LogP contribution is -2.34. The monoisotopic (exact) mass is 237 g/mol. The van der Waals surface area contributed by atoms with Crippen molar-refractivity contribution in [1.82, 2.24) is 10.1 Å². The highest BCUT2D eigenvalue weighted by atomic mass is 16.5. The van der Waals surface area contributed by atoms with Crippen molar-refractivity contribution >= 4 is 5.91 Å². The van der Waals surface area contributed by atoms with Gasteiger partial charge in [-0.1, -0.05) is 12.1 Å². The third-order valence-electron chi connectivity index (χ3n) is 3.59. The fourth-order valence-corrected chi connectivity index (χ4v) is 2.31. The van der Waals surface area contributed by atoms with Gasteiger partial charge in [0.1, 0.15) is 11.3 Å². The van der Waals surface area contributed by atoms with Crippen LogP contribution in [0.2, 0.25) is 0 Å². The predicted molar refractivity (Wildman–Crippen MR) is 63.7 cm³/mol. The van der Waals surface area contributed by atoms with E-state index in [2.05, 4.69) is 12.1 Å². The summed E-state index contributed by atoms with van der Waals surface area (Å²) in [5, 5.41) is 3.82. The maximum absolute atomic E-state index is 12.3. The van der Waals surface area contributed by atoms with Gasteiger partial charge >= 0.3 is 0 Å². The third-order valence-corrected chi connectivity index (χ3v) is 3.59. The zero-order chi connectivity index (χ0) is 12.6. The van der Waals surface area contributed by atoms with Gasteiger partial charge in [-0.05, 0) is 32.2 Å². The van der Waals surface area contributed by atoms with E-state index in [9.17, 15) is 4.79 Å². The molecule has 0 radical (unpaired) electrons. The van der Waals surface area contributed by atoms with Crippen LogP contribution in [-0.4, -0.2) is 35.6 Å². The largest absolute Gasteiger partial charge is 0.361 e. The summed E-state index contributed by atoms with van der Waals surface area (Å²) in [5.74, 6) is 0.604. The van der Waals surface area contributed by atoms with E-state index in [0.717, 1.165) is 13.0 Å². The number of likely N-dealkylation sites (tertiary alicyclic amines) is 1. The number of amides is 1. The lowest BCUT2D eigenvalue weighted by molar-refractivity contribution is 0.0774. The molecule has 5 nitrogen and oxygen atoms in total. The van der Waals surface area contributed by atoms with E-state index in [0.29, 0.717) is 30.1 Å². The molecule has 2 rings (SSSR count). The number of aryl methyl sites for hydroxylation is 2. The Morgan fingerprint density at radius 1 is 1.59 bits per heavy atom. The molecule has 1 aliphatic rings. The van der Waals surface area contributed by atoms with Gasteiger partial charge in [0.2, 0.25) is 0 Å². The molecule has 1 fully saturated rings. The van der Waals surface area contributed by atoms with E-state index in [1.165, 1.54) is 0 Å². The quantitative estimate of drug-likeness (QED) is 0.836. The van der Waals surface area contributed by atoms with Gasteiger partial charge in [-0.15, -0.1) is 0 Å². The van der Waals surface area contributed by atoms with Gasteiger partial charge in [0.25, 0.3) is 5.91 Å². The van der Waals surface area contributed by atoms with Gasteiger partial charge in [-0.25, -0.2) is 0 Å². The molecular weight excluding hydrogens is 218 g/mol. The van der Waals surface area contributed by atoms with Crippen molar-refractivity contribution < 1.29 is 9.32 Å². The van der Waals surface area contributed by atoms with E-state index in [-0.39, 0.29) is 11.3 Å². The summed E-state index contributed by atoms with van der Waals surface area (Å²) in [6, 6.07) is 0. The molecule has 5 heteroatoms. The Morgan fingerprint density at radius 2 is 2.29 bits per heavy atom. The van der Waals surface area contributed by atoms with E-state index in [4.69, 9.17) is 10.3 Å². The molecule has 1 amide bonds. The first-order valence-corrected chi connectivity index (χ1v) is 5.89. The normalized spacial score (nSPS) is 24.4. The first kappa shape index (κ1) is 12.1. The molecule has 1 aromatic rings. The number of carbonyl (C=O) groups excluding carboxylic acids is 1. The van der Waals surface area contributed by atoms with Crippen molar-refractivity contribution in [2.45, 2.75) is 27.2 Å². The van der Waals surface area contributed by atoms with Crippen LogP contribution < -0.4 is 5.73 Å². The Kier molecular flexibility index (Phi) is 2.95. The fourth-order valence-electron chi connectivity index (χ4n) is 2.31. The summed E-state index contributed by atoms with van der Waals surface area (Å²) in [4.78, 5) is 14.2. The van der Waals surface area contributed by atoms with Crippen molar-refractivity contribution in [3.05, 3.63) is 17.0 Å². The van der Waals surface area contributed by atoms with E-state index in [1.54, 1.807) is 13.8 Å². The minimum absolute atomic E-state index is 0.0124. The standard InChI is InChI=1S/C12H19N3O2/c1-8-10(9(2)17-14-8)11(16)15-5-4-12(3,6-13)7-15/h4-7,13H2,1-3H3. The number of hydrogen-bond acceptors (Lipinski definition) is 4. The van der Waals surface area contributed by atoms with Crippen LogP contribution in [0.15, 0.2) is 4.52 Å². The summed E-state index contributed by atoms with van der Waals surface area (Å²) in [5.41, 5.74) is 7.05. The van der Waals surface area contributed by atoms with Crippen molar-refractivity contribution in [3.8, 4) is 0 Å². The van der Waals surface area contributed by atoms with Gasteiger partial charge in [0.15, 0.2) is 0 Å². The molecule has 2 N–H and O–H groups in total. The molecule has 1 aromatic heterocycles. The molecule has 0 spiro atoms. The number of hydrogen-bond donors (Lipinski definition) is 1. The Bertz CT molecular complexity index is 421. The van der Waals surface area contributed by atoms with Crippen LogP contribution in [0, 0.1) is 19.3 Å². The molecule has 0 saturated carbocycles. The highest BCUT2D eigenvalue weighted by Gasteiger charge is 2.36. The molecule has 0 bridgehead atoms. The van der Waals surface area contributed by atoms with E-state index < -0.39 is 0 Å². The topological polar surface area (TPSA) is 72.4 Å². The minimum Gasteiger partial charge on any atom is -0.361 e. The fraction of sp³-hybridized carbons (Fsp3) is 0.667. The van der Waals surface area contributed by atoms with Crippen LogP contribution in [-0.2, 0) is 0 Å². The van der Waals surface area contributed by atoms with Crippen LogP contribution in [0.5, 0.6) is 0 Å². The second-order valence-corrected chi connectivity index (χ2v) is 5.19. The molecule has 0 aliphatic carbocycles. The third kappa shape index (κ3) is 2.07. The van der Waals surface area contributed by atoms with Gasteiger partial charge in [-0.3, -0.25) is 4.79 Å². The molecule has 17 heavy (non-hydrogen) atoms. The summed E-state index contributed by atoms with van der Waals surface area (Å²) in [6.07, 6.45) is 0.957. The number of rotatable bonds is 2. The average Bonchev–Trinajstić information content (AvgIpc) is 2.84. The van der Waals surface area contributed by atoms with Crippen LogP contribution in [0.1, 0.15) is 35.2 Å². The van der Waals surface area contributed by atoms with Gasteiger partial charge in [0, 0.05) is 13.1 Å². The Balaban J connectivity index is 2.18. The van der Waals surface area contributed by atoms with Gasteiger partial charge in [-0.2, -0.15) is 0 Å². The smallest absolute Gasteiger partial charge is 0.259 e. The van der Waals surface area contributed by atoms with Crippen molar-refractivity contribution in [2.75, 3.05) is 19.6 Å². The summed E-state index contributed by atoms with van der Waals surface area (Å²) >= 11 is 0. The lowest BCUT2D eigenvalue weighted by atomic mass is 9.90. The summed E-state index contributed by atoms with van der Waals surface area (Å²) < 4.78 is 5.03. The predicted octanol–water partition coefficient (Wildman–Crippen LogP) is 1.10. The van der Waals surface area contributed by atoms with Crippen LogP contribution >= 0.6 is 0 Å². The van der Waals surface area contributed by atoms with Gasteiger partial charge in [0.05, 0.1) is 5.69 Å². The molecule has 94 valence electrons. The molecule has 1 aliphatic heterocycles. The zero-order valence-electron chi connectivity index (χ0n) is 10.6. The number of nitrogens with two attached hydrogens (primary N) is 1. The first-order chi connectivity index (χ1) is 7.97. The second-order valence-electron chi connectivity index (χ2n) is 5.19. The SMILES string of the molecule is Cc1noc(C)c1C(=O)N1CCC(C)(CN)C1. The van der Waals surface area contributed by atoms with Crippen LogP contribution in [0.25, 0.3) is 0 Å². The molecule has 0 aromatic carbocycles. The molecule has 2 heterocycles. The first-order valence-electron chi connectivity index (χ1n) is 5.89. The Morgan fingerprint density at radius 3 is 2.76 bits per heavy atom. The average molecular weight is 237 g/mol. The zero-order valence-corrected chi connectivity index (χ0v) is 10.6. The second kappa shape index (κ2) is 4.14. The Labute approximate surface area is 101 Å². The molecular formula is C12H19N3O2. The van der Waals surface area contributed by atoms with Crippen molar-refractivity contribution in [2.24, 2.45) is 11.1 Å². The molecule has 1 unspecified atom stereocenters. The minimum atomic E-state index is 0.0124. The summed E-state index contributed by atoms with van der Waals surface area (Å²) in [7, 11) is 0. The van der Waals surface area contributed by atoms with E-state index in [1.807, 2.05) is 4.90 Å². The number of nitrogens with zero attached hydrogens (tertiary/aromatic N) is 2. The van der Waals surface area contributed by atoms with E-state index >= 15 is 0 Å². The Hall–Kier alpha value is -1.36.